The number of amides is 1. The summed E-state index contributed by atoms with van der Waals surface area (Å²) >= 11 is 0. The molecule has 3 rings (SSSR count). The summed E-state index contributed by atoms with van der Waals surface area (Å²) in [7, 11) is 0. The van der Waals surface area contributed by atoms with E-state index in [1.807, 2.05) is 6.07 Å². The Kier molecular flexibility index (Phi) is 3.10. The van der Waals surface area contributed by atoms with Crippen LogP contribution in [0.2, 0.25) is 0 Å². The normalized spacial score (nSPS) is 17.5. The van der Waals surface area contributed by atoms with Gasteiger partial charge in [0.1, 0.15) is 11.6 Å². The number of nitrogens with two attached hydrogens (primary N) is 2. The lowest BCUT2D eigenvalue weighted by atomic mass is 9.83. The van der Waals surface area contributed by atoms with Crippen molar-refractivity contribution in [1.82, 2.24) is 9.97 Å². The number of benzene rings is 1. The van der Waals surface area contributed by atoms with Crippen LogP contribution >= 0.6 is 0 Å². The number of anilines is 1. The molecule has 1 aliphatic rings. The molecule has 0 bridgehead atoms. The van der Waals surface area contributed by atoms with Crippen molar-refractivity contribution < 1.29 is 4.79 Å². The number of aromatic nitrogens is 2. The molecule has 1 aromatic carbocycles. The fourth-order valence-electron chi connectivity index (χ4n) is 2.71. The Morgan fingerprint density at radius 2 is 2.00 bits per heavy atom. The molecule has 0 radical (unpaired) electrons. The number of hydrogen-bond donors (Lipinski definition) is 2. The van der Waals surface area contributed by atoms with Crippen LogP contribution in [0.4, 0.5) is 5.82 Å². The maximum Gasteiger partial charge on any atom is 0.254 e. The van der Waals surface area contributed by atoms with E-state index in [2.05, 4.69) is 28.2 Å². The number of fused-ring (bicyclic) bond motifs is 1. The van der Waals surface area contributed by atoms with Gasteiger partial charge in [-0.1, -0.05) is 24.3 Å². The maximum absolute atomic E-state index is 11.1. The molecule has 1 aromatic heterocycles. The quantitative estimate of drug-likeness (QED) is 0.861. The smallest absolute Gasteiger partial charge is 0.254 e. The number of nitrogens with zero attached hydrogens (tertiary/aromatic N) is 2. The molecule has 0 saturated heterocycles. The van der Waals surface area contributed by atoms with Crippen LogP contribution in [0.3, 0.4) is 0 Å². The lowest BCUT2D eigenvalue weighted by Gasteiger charge is -2.23. The van der Waals surface area contributed by atoms with Gasteiger partial charge in [0.15, 0.2) is 0 Å². The predicted octanol–water partition coefficient (Wildman–Crippen LogP) is 1.43. The van der Waals surface area contributed by atoms with Crippen molar-refractivity contribution in [2.75, 3.05) is 5.73 Å². The van der Waals surface area contributed by atoms with Gasteiger partial charge in [-0.25, -0.2) is 9.97 Å². The molecule has 102 valence electrons. The minimum Gasteiger partial charge on any atom is -0.383 e. The number of hydrogen-bond acceptors (Lipinski definition) is 4. The molecule has 1 heterocycles. The number of aryl methyl sites for hydroxylation is 1. The molecular formula is C15H16N4O. The summed E-state index contributed by atoms with van der Waals surface area (Å²) in [5, 5.41) is 0. The number of carbonyl (C=O) groups is 1. The summed E-state index contributed by atoms with van der Waals surface area (Å²) in [6.07, 6.45) is 4.35. The fourth-order valence-corrected chi connectivity index (χ4v) is 2.71. The summed E-state index contributed by atoms with van der Waals surface area (Å²) in [4.78, 5) is 19.7. The third kappa shape index (κ3) is 2.22. The highest BCUT2D eigenvalue weighted by Gasteiger charge is 2.23. The minimum atomic E-state index is -0.594. The first-order chi connectivity index (χ1) is 9.65. The van der Waals surface area contributed by atoms with Crippen LogP contribution in [0.15, 0.2) is 30.5 Å². The summed E-state index contributed by atoms with van der Waals surface area (Å²) < 4.78 is 0. The van der Waals surface area contributed by atoms with Crippen molar-refractivity contribution in [1.29, 1.82) is 0 Å². The van der Waals surface area contributed by atoms with Gasteiger partial charge >= 0.3 is 0 Å². The van der Waals surface area contributed by atoms with E-state index in [1.165, 1.54) is 17.3 Å². The molecule has 1 amide bonds. The topological polar surface area (TPSA) is 94.9 Å². The molecule has 5 nitrogen and oxygen atoms in total. The Morgan fingerprint density at radius 1 is 1.25 bits per heavy atom. The van der Waals surface area contributed by atoms with Gasteiger partial charge in [-0.2, -0.15) is 0 Å². The molecule has 1 unspecified atom stereocenters. The van der Waals surface area contributed by atoms with Gasteiger partial charge in [0, 0.05) is 12.1 Å². The molecule has 0 fully saturated rings. The van der Waals surface area contributed by atoms with E-state index in [0.29, 0.717) is 5.82 Å². The molecule has 2 aromatic rings. The van der Waals surface area contributed by atoms with Crippen molar-refractivity contribution in [3.8, 4) is 0 Å². The molecule has 1 aliphatic carbocycles. The van der Waals surface area contributed by atoms with Gasteiger partial charge < -0.3 is 11.5 Å². The number of carbonyl (C=O) groups excluding carboxylic acids is 1. The molecule has 5 heteroatoms. The Labute approximate surface area is 117 Å². The molecule has 1 atom stereocenters. The fraction of sp³-hybridized carbons (Fsp3) is 0.267. The van der Waals surface area contributed by atoms with Gasteiger partial charge in [-0.15, -0.1) is 0 Å². The van der Waals surface area contributed by atoms with Crippen LogP contribution < -0.4 is 11.5 Å². The highest BCUT2D eigenvalue weighted by atomic mass is 16.1. The van der Waals surface area contributed by atoms with E-state index >= 15 is 0 Å². The van der Waals surface area contributed by atoms with Crippen molar-refractivity contribution in [3.63, 3.8) is 0 Å². The average Bonchev–Trinajstić information content (AvgIpc) is 2.46. The van der Waals surface area contributed by atoms with Crippen molar-refractivity contribution in [2.45, 2.75) is 25.2 Å². The molecule has 4 N–H and O–H groups in total. The van der Waals surface area contributed by atoms with Gasteiger partial charge in [0.2, 0.25) is 0 Å². The minimum absolute atomic E-state index is 0.168. The van der Waals surface area contributed by atoms with Crippen molar-refractivity contribution in [2.24, 2.45) is 5.73 Å². The van der Waals surface area contributed by atoms with Crippen molar-refractivity contribution >= 4 is 11.7 Å². The highest BCUT2D eigenvalue weighted by Crippen LogP contribution is 2.31. The van der Waals surface area contributed by atoms with E-state index < -0.39 is 5.91 Å². The first kappa shape index (κ1) is 12.6. The summed E-state index contributed by atoms with van der Waals surface area (Å²) in [5.41, 5.74) is 13.9. The van der Waals surface area contributed by atoms with Crippen LogP contribution in [0, 0.1) is 0 Å². The zero-order valence-electron chi connectivity index (χ0n) is 11.0. The highest BCUT2D eigenvalue weighted by molar-refractivity contribution is 5.96. The average molecular weight is 268 g/mol. The zero-order chi connectivity index (χ0) is 14.1. The monoisotopic (exact) mass is 268 g/mol. The van der Waals surface area contributed by atoms with Crippen LogP contribution in [-0.4, -0.2) is 15.9 Å². The van der Waals surface area contributed by atoms with Crippen LogP contribution in [-0.2, 0) is 12.8 Å². The zero-order valence-corrected chi connectivity index (χ0v) is 11.0. The van der Waals surface area contributed by atoms with Crippen LogP contribution in [0.25, 0.3) is 0 Å². The summed E-state index contributed by atoms with van der Waals surface area (Å²) in [5.74, 6) is 0.514. The van der Waals surface area contributed by atoms with Gasteiger partial charge in [0.05, 0.1) is 5.56 Å². The van der Waals surface area contributed by atoms with Gasteiger partial charge in [-0.3, -0.25) is 4.79 Å². The first-order valence-corrected chi connectivity index (χ1v) is 6.64. The number of nitrogen functional groups attached to an aromatic ring is 1. The molecule has 0 spiro atoms. The third-order valence-corrected chi connectivity index (χ3v) is 3.81. The summed E-state index contributed by atoms with van der Waals surface area (Å²) in [6.45, 7) is 0. The van der Waals surface area contributed by atoms with Crippen LogP contribution in [0.1, 0.15) is 39.6 Å². The van der Waals surface area contributed by atoms with Gasteiger partial charge in [-0.05, 0) is 30.4 Å². The van der Waals surface area contributed by atoms with E-state index in [0.717, 1.165) is 19.3 Å². The maximum atomic E-state index is 11.1. The van der Waals surface area contributed by atoms with Crippen molar-refractivity contribution in [3.05, 3.63) is 53.0 Å². The molecule has 20 heavy (non-hydrogen) atoms. The predicted molar refractivity (Wildman–Crippen MR) is 76.2 cm³/mol. The second-order valence-corrected chi connectivity index (χ2v) is 5.10. The first-order valence-electron chi connectivity index (χ1n) is 6.64. The Bertz CT molecular complexity index is 669. The lowest BCUT2D eigenvalue weighted by Crippen LogP contribution is -2.19. The van der Waals surface area contributed by atoms with E-state index in [9.17, 15) is 4.79 Å². The Balaban J connectivity index is 1.88. The standard InChI is InChI=1S/C15H16N4O/c16-13-12(14(17)20)8-18-15(19-13)11-6-5-9-3-1-2-4-10(9)7-11/h1-4,8,11H,5-7H2,(H2,17,20)(H2,16,18,19). The van der Waals surface area contributed by atoms with E-state index in [-0.39, 0.29) is 17.3 Å². The van der Waals surface area contributed by atoms with Crippen LogP contribution in [0.5, 0.6) is 0 Å². The second kappa shape index (κ2) is 4.92. The molecule has 0 aliphatic heterocycles. The second-order valence-electron chi connectivity index (χ2n) is 5.10. The third-order valence-electron chi connectivity index (χ3n) is 3.81. The Hall–Kier alpha value is -2.43. The molecular weight excluding hydrogens is 252 g/mol. The van der Waals surface area contributed by atoms with E-state index in [1.54, 1.807) is 0 Å². The number of rotatable bonds is 2. The van der Waals surface area contributed by atoms with E-state index in [4.69, 9.17) is 11.5 Å². The lowest BCUT2D eigenvalue weighted by molar-refractivity contribution is 0.100. The summed E-state index contributed by atoms with van der Waals surface area (Å²) in [6, 6.07) is 8.42. The molecule has 0 saturated carbocycles. The number of primary amides is 1. The van der Waals surface area contributed by atoms with Gasteiger partial charge in [0.25, 0.3) is 5.91 Å². The largest absolute Gasteiger partial charge is 0.383 e. The SMILES string of the molecule is NC(=O)c1cnc(C2CCc3ccccc3C2)nc1N. The Morgan fingerprint density at radius 3 is 2.70 bits per heavy atom.